The van der Waals surface area contributed by atoms with Crippen LogP contribution >= 0.6 is 0 Å². The molecule has 1 aliphatic carbocycles. The summed E-state index contributed by atoms with van der Waals surface area (Å²) in [5.41, 5.74) is 15.6. The van der Waals surface area contributed by atoms with Gasteiger partial charge in [0.25, 0.3) is 0 Å². The third-order valence-corrected chi connectivity index (χ3v) is 11.0. The molecule has 0 radical (unpaired) electrons. The van der Waals surface area contributed by atoms with Crippen molar-refractivity contribution in [1.29, 1.82) is 0 Å². The van der Waals surface area contributed by atoms with Crippen LogP contribution in [0.5, 0.6) is 0 Å². The van der Waals surface area contributed by atoms with E-state index in [1.807, 2.05) is 24.3 Å². The van der Waals surface area contributed by atoms with E-state index in [-0.39, 0.29) is 11.6 Å². The number of benzene rings is 8. The molecule has 2 heterocycles. The number of nitrogens with zero attached hydrogens (tertiary/aromatic N) is 2. The van der Waals surface area contributed by atoms with Gasteiger partial charge >= 0.3 is 0 Å². The zero-order valence-corrected chi connectivity index (χ0v) is 28.5. The molecule has 0 amide bonds. The molecule has 0 saturated heterocycles. The molecule has 1 aliphatic rings. The molecule has 250 valence electrons. The van der Waals surface area contributed by atoms with Crippen molar-refractivity contribution in [3.8, 4) is 44.8 Å². The highest BCUT2D eigenvalue weighted by atomic mass is 19.1. The van der Waals surface area contributed by atoms with Gasteiger partial charge in [0.1, 0.15) is 11.6 Å². The first-order valence-corrected chi connectivity index (χ1v) is 17.9. The lowest BCUT2D eigenvalue weighted by molar-refractivity contribution is 0.626. The fraction of sp³-hybridized carbons (Fsp3) is 0.0204. The van der Waals surface area contributed by atoms with Gasteiger partial charge in [-0.15, -0.1) is 0 Å². The quantitative estimate of drug-likeness (QED) is 0.175. The van der Waals surface area contributed by atoms with Crippen LogP contribution in [0.3, 0.4) is 0 Å². The number of hydrogen-bond acceptors (Lipinski definition) is 0. The average Bonchev–Trinajstić information content (AvgIpc) is 3.84. The van der Waals surface area contributed by atoms with Crippen LogP contribution in [0.2, 0.25) is 0 Å². The summed E-state index contributed by atoms with van der Waals surface area (Å²) in [7, 11) is 0. The topological polar surface area (TPSA) is 9.86 Å². The van der Waals surface area contributed by atoms with Gasteiger partial charge in [-0.05, 0) is 136 Å². The maximum atomic E-state index is 14.3. The van der Waals surface area contributed by atoms with Crippen LogP contribution in [0, 0.1) is 11.6 Å². The van der Waals surface area contributed by atoms with Crippen LogP contribution in [0.4, 0.5) is 8.78 Å². The van der Waals surface area contributed by atoms with Gasteiger partial charge in [0.15, 0.2) is 0 Å². The van der Waals surface area contributed by atoms with Crippen molar-refractivity contribution in [3.05, 3.63) is 193 Å². The predicted octanol–water partition coefficient (Wildman–Crippen LogP) is 13.1. The predicted molar refractivity (Wildman–Crippen MR) is 214 cm³/mol. The second-order valence-corrected chi connectivity index (χ2v) is 14.0. The van der Waals surface area contributed by atoms with Gasteiger partial charge in [-0.3, -0.25) is 0 Å². The molecule has 0 fully saturated rings. The molecule has 8 aromatic carbocycles. The van der Waals surface area contributed by atoms with E-state index < -0.39 is 0 Å². The van der Waals surface area contributed by atoms with E-state index in [1.165, 1.54) is 34.4 Å². The van der Waals surface area contributed by atoms with Gasteiger partial charge in [-0.1, -0.05) is 84.9 Å². The Bertz CT molecular complexity index is 2920. The van der Waals surface area contributed by atoms with Crippen molar-refractivity contribution in [2.75, 3.05) is 0 Å². The van der Waals surface area contributed by atoms with Gasteiger partial charge in [0.2, 0.25) is 0 Å². The Morgan fingerprint density at radius 2 is 0.755 bits per heavy atom. The molecule has 0 bridgehead atoms. The minimum Gasteiger partial charge on any atom is -0.309 e. The van der Waals surface area contributed by atoms with E-state index in [2.05, 4.69) is 118 Å². The lowest BCUT2D eigenvalue weighted by Crippen LogP contribution is -1.94. The van der Waals surface area contributed by atoms with Crippen LogP contribution in [0.15, 0.2) is 170 Å². The van der Waals surface area contributed by atoms with Crippen LogP contribution in [-0.4, -0.2) is 9.13 Å². The number of aromatic nitrogens is 2. The second-order valence-electron chi connectivity index (χ2n) is 14.0. The summed E-state index contributed by atoms with van der Waals surface area (Å²) < 4.78 is 33.0. The first-order valence-electron chi connectivity index (χ1n) is 17.9. The van der Waals surface area contributed by atoms with Crippen LogP contribution in [0.1, 0.15) is 11.1 Å². The summed E-state index contributed by atoms with van der Waals surface area (Å²) in [5, 5.41) is 4.56. The fourth-order valence-electron chi connectivity index (χ4n) is 8.62. The zero-order valence-electron chi connectivity index (χ0n) is 28.5. The summed E-state index contributed by atoms with van der Waals surface area (Å²) in [6, 6.07) is 57.2. The van der Waals surface area contributed by atoms with Crippen molar-refractivity contribution >= 4 is 43.6 Å². The Morgan fingerprint density at radius 1 is 0.340 bits per heavy atom. The summed E-state index contributed by atoms with van der Waals surface area (Å²) in [6.07, 6.45) is 0.908. The lowest BCUT2D eigenvalue weighted by Gasteiger charge is -2.10. The molecule has 0 atom stereocenters. The fourth-order valence-corrected chi connectivity index (χ4v) is 8.62. The number of rotatable bonds is 4. The smallest absolute Gasteiger partial charge is 0.125 e. The number of halogens is 2. The highest BCUT2D eigenvalue weighted by Gasteiger charge is 2.21. The SMILES string of the molecule is Fc1cccc(-n2c3ccccc3c3cc(-c4ccc5c(c4)-c4cc(-c6ccc7c(c6)c6ccccc6n7-c6cccc(F)c6)ccc4C5)ccc32)c1. The molecule has 0 aliphatic heterocycles. The van der Waals surface area contributed by atoms with Gasteiger partial charge in [-0.2, -0.15) is 0 Å². The van der Waals surface area contributed by atoms with E-state index in [1.54, 1.807) is 24.3 Å². The Hall–Kier alpha value is -6.78. The maximum absolute atomic E-state index is 14.3. The minimum atomic E-state index is -0.249. The van der Waals surface area contributed by atoms with E-state index >= 15 is 0 Å². The molecule has 0 saturated carbocycles. The van der Waals surface area contributed by atoms with Crippen LogP contribution in [-0.2, 0) is 6.42 Å². The summed E-state index contributed by atoms with van der Waals surface area (Å²) in [5.74, 6) is -0.499. The Morgan fingerprint density at radius 3 is 1.23 bits per heavy atom. The second kappa shape index (κ2) is 11.4. The third-order valence-electron chi connectivity index (χ3n) is 11.0. The number of fused-ring (bicyclic) bond motifs is 9. The molecule has 0 N–H and O–H groups in total. The Balaban J connectivity index is 1.01. The Kier molecular flexibility index (Phi) is 6.41. The molecular weight excluding hydrogens is 655 g/mol. The molecule has 0 unspecified atom stereocenters. The normalized spacial score (nSPS) is 12.3. The standard InChI is InChI=1S/C49H30F2N2/c50-36-7-5-9-38(28-36)52-46-13-3-1-11-40(46)44-26-32(19-21-48(44)52)30-15-17-34-23-35-18-16-31(25-43(35)42(34)24-30)33-20-22-49-45(27-33)41-12-2-4-14-47(41)53(49)39-10-6-8-37(51)29-39/h1-22,24-29H,23H2. The molecule has 10 aromatic rings. The first-order chi connectivity index (χ1) is 26.1. The molecule has 4 heteroatoms. The molecule has 0 spiro atoms. The van der Waals surface area contributed by atoms with Crippen LogP contribution in [0.25, 0.3) is 88.4 Å². The highest BCUT2D eigenvalue weighted by molar-refractivity contribution is 6.11. The van der Waals surface area contributed by atoms with Gasteiger partial charge in [0.05, 0.1) is 22.1 Å². The minimum absolute atomic E-state index is 0.249. The molecule has 53 heavy (non-hydrogen) atoms. The maximum Gasteiger partial charge on any atom is 0.125 e. The average molecular weight is 685 g/mol. The third kappa shape index (κ3) is 4.62. The van der Waals surface area contributed by atoms with Crippen molar-refractivity contribution < 1.29 is 8.78 Å². The highest BCUT2D eigenvalue weighted by Crippen LogP contribution is 2.43. The number of hydrogen-bond donors (Lipinski definition) is 0. The molecule has 11 rings (SSSR count). The summed E-state index contributed by atoms with van der Waals surface area (Å²) in [4.78, 5) is 0. The van der Waals surface area contributed by atoms with Crippen molar-refractivity contribution in [1.82, 2.24) is 9.13 Å². The van der Waals surface area contributed by atoms with E-state index in [9.17, 15) is 8.78 Å². The largest absolute Gasteiger partial charge is 0.309 e. The van der Waals surface area contributed by atoms with Crippen molar-refractivity contribution in [2.24, 2.45) is 0 Å². The first kappa shape index (κ1) is 29.9. The molecule has 2 nitrogen and oxygen atoms in total. The zero-order chi connectivity index (χ0) is 35.2. The Labute approximate surface area is 304 Å². The van der Waals surface area contributed by atoms with Gasteiger partial charge in [-0.25, -0.2) is 8.78 Å². The van der Waals surface area contributed by atoms with E-state index in [0.717, 1.165) is 83.7 Å². The van der Waals surface area contributed by atoms with E-state index in [0.29, 0.717) is 0 Å². The van der Waals surface area contributed by atoms with Crippen molar-refractivity contribution in [3.63, 3.8) is 0 Å². The summed E-state index contributed by atoms with van der Waals surface area (Å²) >= 11 is 0. The summed E-state index contributed by atoms with van der Waals surface area (Å²) in [6.45, 7) is 0. The van der Waals surface area contributed by atoms with Crippen LogP contribution < -0.4 is 0 Å². The van der Waals surface area contributed by atoms with Gasteiger partial charge < -0.3 is 9.13 Å². The number of para-hydroxylation sites is 2. The van der Waals surface area contributed by atoms with E-state index in [4.69, 9.17) is 0 Å². The molecule has 2 aromatic heterocycles. The molecular formula is C49H30F2N2. The monoisotopic (exact) mass is 684 g/mol. The van der Waals surface area contributed by atoms with Gasteiger partial charge in [0, 0.05) is 32.9 Å². The lowest BCUT2D eigenvalue weighted by atomic mass is 9.95. The van der Waals surface area contributed by atoms with Crippen molar-refractivity contribution in [2.45, 2.75) is 6.42 Å².